The fourth-order valence-electron chi connectivity index (χ4n) is 3.37. The minimum absolute atomic E-state index is 0.104. The molecule has 0 unspecified atom stereocenters. The third kappa shape index (κ3) is 2.79. The van der Waals surface area contributed by atoms with E-state index in [4.69, 9.17) is 10.9 Å². The molecule has 1 aliphatic heterocycles. The van der Waals surface area contributed by atoms with Gasteiger partial charge in [-0.05, 0) is 57.5 Å². The maximum Gasteiger partial charge on any atom is 0.145 e. The molecule has 2 rings (SSSR count). The predicted molar refractivity (Wildman–Crippen MR) is 73.7 cm³/mol. The van der Waals surface area contributed by atoms with E-state index in [9.17, 15) is 0 Å². The van der Waals surface area contributed by atoms with Gasteiger partial charge in [0.05, 0.1) is 0 Å². The van der Waals surface area contributed by atoms with Crippen molar-refractivity contribution in [2.45, 2.75) is 58.4 Å². The first-order valence-electron chi connectivity index (χ1n) is 7.27. The Morgan fingerprint density at radius 1 is 1.22 bits per heavy atom. The van der Waals surface area contributed by atoms with Gasteiger partial charge in [0.1, 0.15) is 5.84 Å². The fourth-order valence-corrected chi connectivity index (χ4v) is 3.37. The molecule has 2 aliphatic rings. The first-order valence-corrected chi connectivity index (χ1v) is 7.27. The monoisotopic (exact) mass is 253 g/mol. The third-order valence-corrected chi connectivity index (χ3v) is 5.13. The summed E-state index contributed by atoms with van der Waals surface area (Å²) in [6.45, 7) is 6.65. The Hall–Kier alpha value is -0.770. The smallest absolute Gasteiger partial charge is 0.145 e. The Bertz CT molecular complexity index is 300. The molecule has 4 nitrogen and oxygen atoms in total. The number of likely N-dealkylation sites (tertiary alicyclic amines) is 1. The highest BCUT2D eigenvalue weighted by molar-refractivity contribution is 5.85. The van der Waals surface area contributed by atoms with E-state index in [-0.39, 0.29) is 5.41 Å². The van der Waals surface area contributed by atoms with E-state index < -0.39 is 0 Å². The van der Waals surface area contributed by atoms with E-state index in [0.29, 0.717) is 5.84 Å². The molecule has 2 fully saturated rings. The first kappa shape index (κ1) is 13.7. The Morgan fingerprint density at radius 2 is 1.78 bits per heavy atom. The normalized spacial score (nSPS) is 34.4. The van der Waals surface area contributed by atoms with Gasteiger partial charge in [-0.25, -0.2) is 0 Å². The Labute approximate surface area is 110 Å². The van der Waals surface area contributed by atoms with E-state index in [0.717, 1.165) is 37.9 Å². The summed E-state index contributed by atoms with van der Waals surface area (Å²) >= 11 is 0. The predicted octanol–water partition coefficient (Wildman–Crippen LogP) is 2.41. The van der Waals surface area contributed by atoms with Crippen LogP contribution in [0.1, 0.15) is 52.4 Å². The second-order valence-corrected chi connectivity index (χ2v) is 6.50. The molecule has 0 atom stereocenters. The lowest BCUT2D eigenvalue weighted by molar-refractivity contribution is 0.0844. The molecule has 0 bridgehead atoms. The maximum atomic E-state index is 8.85. The summed E-state index contributed by atoms with van der Waals surface area (Å²) in [6.07, 6.45) is 7.46. The van der Waals surface area contributed by atoms with Gasteiger partial charge in [-0.1, -0.05) is 19.0 Å². The van der Waals surface area contributed by atoms with Crippen LogP contribution in [0.4, 0.5) is 0 Å². The van der Waals surface area contributed by atoms with Crippen molar-refractivity contribution in [2.75, 3.05) is 13.1 Å². The number of amidine groups is 1. The van der Waals surface area contributed by atoms with E-state index in [1.807, 2.05) is 0 Å². The van der Waals surface area contributed by atoms with Crippen molar-refractivity contribution in [3.05, 3.63) is 0 Å². The van der Waals surface area contributed by atoms with E-state index in [1.54, 1.807) is 0 Å². The van der Waals surface area contributed by atoms with Crippen LogP contribution in [0.15, 0.2) is 5.16 Å². The zero-order valence-corrected chi connectivity index (χ0v) is 11.7. The van der Waals surface area contributed by atoms with Crippen molar-refractivity contribution in [3.63, 3.8) is 0 Å². The number of nitrogens with zero attached hydrogens (tertiary/aromatic N) is 2. The first-order chi connectivity index (χ1) is 8.55. The third-order valence-electron chi connectivity index (χ3n) is 5.13. The highest BCUT2D eigenvalue weighted by Crippen LogP contribution is 2.35. The van der Waals surface area contributed by atoms with Crippen molar-refractivity contribution in [2.24, 2.45) is 22.2 Å². The molecule has 0 spiro atoms. The number of rotatable bonds is 2. The molecular weight excluding hydrogens is 226 g/mol. The molecule has 104 valence electrons. The van der Waals surface area contributed by atoms with Crippen LogP contribution in [0.2, 0.25) is 0 Å². The number of hydrogen-bond acceptors (Lipinski definition) is 3. The highest BCUT2D eigenvalue weighted by atomic mass is 16.4. The lowest BCUT2D eigenvalue weighted by Gasteiger charge is -2.43. The van der Waals surface area contributed by atoms with E-state index >= 15 is 0 Å². The van der Waals surface area contributed by atoms with E-state index in [1.165, 1.54) is 25.7 Å². The minimum atomic E-state index is -0.104. The largest absolute Gasteiger partial charge is 0.409 e. The van der Waals surface area contributed by atoms with Crippen molar-refractivity contribution in [1.29, 1.82) is 0 Å². The fraction of sp³-hybridized carbons (Fsp3) is 0.929. The second kappa shape index (κ2) is 5.47. The molecule has 4 heteroatoms. The Morgan fingerprint density at radius 3 is 2.28 bits per heavy atom. The summed E-state index contributed by atoms with van der Waals surface area (Å²) in [7, 11) is 0. The van der Waals surface area contributed by atoms with Crippen LogP contribution in [0.25, 0.3) is 0 Å². The van der Waals surface area contributed by atoms with E-state index in [2.05, 4.69) is 23.9 Å². The number of oxime groups is 1. The number of nitrogens with two attached hydrogens (primary N) is 1. The van der Waals surface area contributed by atoms with Gasteiger partial charge < -0.3 is 15.8 Å². The van der Waals surface area contributed by atoms with Crippen molar-refractivity contribution < 1.29 is 5.21 Å². The van der Waals surface area contributed by atoms with Gasteiger partial charge in [0.2, 0.25) is 0 Å². The maximum absolute atomic E-state index is 8.85. The average molecular weight is 253 g/mol. The van der Waals surface area contributed by atoms with Gasteiger partial charge >= 0.3 is 0 Å². The molecule has 0 radical (unpaired) electrons. The van der Waals surface area contributed by atoms with Crippen molar-refractivity contribution >= 4 is 5.84 Å². The summed E-state index contributed by atoms with van der Waals surface area (Å²) in [5.41, 5.74) is 5.70. The van der Waals surface area contributed by atoms with Crippen LogP contribution >= 0.6 is 0 Å². The minimum Gasteiger partial charge on any atom is -0.409 e. The molecule has 0 aromatic heterocycles. The molecule has 0 aromatic rings. The molecule has 1 saturated heterocycles. The van der Waals surface area contributed by atoms with Gasteiger partial charge in [-0.15, -0.1) is 0 Å². The lowest BCUT2D eigenvalue weighted by Crippen LogP contribution is -2.49. The number of piperidine rings is 1. The summed E-state index contributed by atoms with van der Waals surface area (Å²) in [6, 6.07) is 0.776. The number of hydrogen-bond donors (Lipinski definition) is 2. The second-order valence-electron chi connectivity index (χ2n) is 6.50. The van der Waals surface area contributed by atoms with Crippen LogP contribution in [0.3, 0.4) is 0 Å². The summed E-state index contributed by atoms with van der Waals surface area (Å²) in [5.74, 6) is 1.31. The molecule has 0 amide bonds. The lowest BCUT2D eigenvalue weighted by atomic mass is 9.78. The van der Waals surface area contributed by atoms with Gasteiger partial charge in [0, 0.05) is 11.5 Å². The van der Waals surface area contributed by atoms with Crippen LogP contribution in [0.5, 0.6) is 0 Å². The van der Waals surface area contributed by atoms with Crippen molar-refractivity contribution in [1.82, 2.24) is 4.90 Å². The van der Waals surface area contributed by atoms with Crippen LogP contribution in [-0.2, 0) is 0 Å². The zero-order valence-electron chi connectivity index (χ0n) is 11.7. The quantitative estimate of drug-likeness (QED) is 0.344. The Balaban J connectivity index is 1.87. The van der Waals surface area contributed by atoms with Gasteiger partial charge in [-0.3, -0.25) is 0 Å². The average Bonchev–Trinajstić information content (AvgIpc) is 2.40. The van der Waals surface area contributed by atoms with Crippen LogP contribution in [-0.4, -0.2) is 35.1 Å². The molecule has 1 saturated carbocycles. The van der Waals surface area contributed by atoms with Crippen LogP contribution in [0, 0.1) is 11.3 Å². The molecular formula is C14H27N3O. The summed E-state index contributed by atoms with van der Waals surface area (Å²) in [5, 5.41) is 12.1. The van der Waals surface area contributed by atoms with Gasteiger partial charge in [0.15, 0.2) is 0 Å². The summed E-state index contributed by atoms with van der Waals surface area (Å²) in [4.78, 5) is 2.62. The zero-order chi connectivity index (χ0) is 13.2. The van der Waals surface area contributed by atoms with Crippen molar-refractivity contribution in [3.8, 4) is 0 Å². The van der Waals surface area contributed by atoms with Gasteiger partial charge in [0.25, 0.3) is 0 Å². The molecule has 1 aliphatic carbocycles. The molecule has 0 aromatic carbocycles. The Kier molecular flexibility index (Phi) is 4.15. The molecule has 18 heavy (non-hydrogen) atoms. The highest BCUT2D eigenvalue weighted by Gasteiger charge is 2.36. The molecule has 1 heterocycles. The molecule has 3 N–H and O–H groups in total. The van der Waals surface area contributed by atoms with Crippen LogP contribution < -0.4 is 5.73 Å². The van der Waals surface area contributed by atoms with Gasteiger partial charge in [-0.2, -0.15) is 0 Å². The SMILES string of the molecule is CC1CCC(N2CCC(C)(C(N)=NO)CC2)CC1. The standard InChI is InChI=1S/C14H27N3O/c1-11-3-5-12(6-4-11)17-9-7-14(2,8-10-17)13(15)16-18/h11-12,18H,3-10H2,1-2H3,(H2,15,16). The topological polar surface area (TPSA) is 61.8 Å². The summed E-state index contributed by atoms with van der Waals surface area (Å²) < 4.78 is 0.